The van der Waals surface area contributed by atoms with E-state index in [1.807, 2.05) is 13.0 Å². The second-order valence-corrected chi connectivity index (χ2v) is 8.55. The fourth-order valence-corrected chi connectivity index (χ4v) is 3.04. The number of rotatable bonds is 14. The van der Waals surface area contributed by atoms with Gasteiger partial charge in [-0.05, 0) is 20.3 Å². The predicted molar refractivity (Wildman–Crippen MR) is 118 cm³/mol. The van der Waals surface area contributed by atoms with E-state index in [9.17, 15) is 24.6 Å². The van der Waals surface area contributed by atoms with Crippen LogP contribution >= 0.6 is 0 Å². The van der Waals surface area contributed by atoms with Crippen LogP contribution in [0.15, 0.2) is 37.0 Å². The molecule has 0 aliphatic carbocycles. The lowest BCUT2D eigenvalue weighted by Gasteiger charge is -2.33. The molecule has 0 aromatic carbocycles. The Kier molecular flexibility index (Phi) is 11.7. The number of Topliss-reactive ketones (excluding diaryl/α,β-unsaturated/α-hetero) is 2. The molecular formula is C24H38O6. The summed E-state index contributed by atoms with van der Waals surface area (Å²) in [5.74, 6) is -2.47. The Balaban J connectivity index is 5.12. The van der Waals surface area contributed by atoms with Crippen LogP contribution in [-0.4, -0.2) is 46.1 Å². The Morgan fingerprint density at radius 2 is 1.67 bits per heavy atom. The Labute approximate surface area is 180 Å². The van der Waals surface area contributed by atoms with Crippen LogP contribution in [0, 0.1) is 17.3 Å². The summed E-state index contributed by atoms with van der Waals surface area (Å²) < 4.78 is 5.26. The van der Waals surface area contributed by atoms with E-state index in [2.05, 4.69) is 13.2 Å². The zero-order valence-electron chi connectivity index (χ0n) is 19.2. The molecular weight excluding hydrogens is 384 g/mol. The zero-order chi connectivity index (χ0) is 23.6. The van der Waals surface area contributed by atoms with Crippen LogP contribution in [0.2, 0.25) is 0 Å². The van der Waals surface area contributed by atoms with Crippen molar-refractivity contribution >= 4 is 17.5 Å². The maximum absolute atomic E-state index is 12.8. The fourth-order valence-electron chi connectivity index (χ4n) is 3.04. The van der Waals surface area contributed by atoms with Gasteiger partial charge in [-0.1, -0.05) is 51.5 Å². The van der Waals surface area contributed by atoms with Gasteiger partial charge >= 0.3 is 5.97 Å². The second kappa shape index (κ2) is 12.6. The number of allylic oxidation sites excluding steroid dienone is 2. The molecule has 0 heterocycles. The van der Waals surface area contributed by atoms with E-state index >= 15 is 0 Å². The molecule has 0 aliphatic heterocycles. The fraction of sp³-hybridized carbons (Fsp3) is 0.625. The summed E-state index contributed by atoms with van der Waals surface area (Å²) in [5, 5.41) is 20.8. The van der Waals surface area contributed by atoms with Gasteiger partial charge in [-0.2, -0.15) is 0 Å². The van der Waals surface area contributed by atoms with E-state index < -0.39 is 42.0 Å². The van der Waals surface area contributed by atoms with Crippen LogP contribution in [0.1, 0.15) is 60.8 Å². The quantitative estimate of drug-likeness (QED) is 0.328. The van der Waals surface area contributed by atoms with Crippen molar-refractivity contribution < 1.29 is 29.3 Å². The smallest absolute Gasteiger partial charge is 0.309 e. The van der Waals surface area contributed by atoms with Crippen molar-refractivity contribution in [3.63, 3.8) is 0 Å². The van der Waals surface area contributed by atoms with E-state index in [0.717, 1.165) is 5.57 Å². The zero-order valence-corrected chi connectivity index (χ0v) is 19.2. The first-order valence-electron chi connectivity index (χ1n) is 10.3. The molecule has 0 unspecified atom stereocenters. The van der Waals surface area contributed by atoms with Crippen LogP contribution in [0.3, 0.4) is 0 Å². The molecule has 0 amide bonds. The summed E-state index contributed by atoms with van der Waals surface area (Å²) in [6, 6.07) is 0. The molecule has 5 atom stereocenters. The number of aliphatic hydroxyl groups is 2. The van der Waals surface area contributed by atoms with Gasteiger partial charge in [0.05, 0.1) is 24.0 Å². The van der Waals surface area contributed by atoms with Gasteiger partial charge in [0.25, 0.3) is 0 Å². The Morgan fingerprint density at radius 3 is 2.13 bits per heavy atom. The van der Waals surface area contributed by atoms with Crippen LogP contribution in [0.5, 0.6) is 0 Å². The molecule has 0 saturated carbocycles. The van der Waals surface area contributed by atoms with Crippen LogP contribution < -0.4 is 0 Å². The number of esters is 1. The van der Waals surface area contributed by atoms with Crippen molar-refractivity contribution in [3.8, 4) is 0 Å². The van der Waals surface area contributed by atoms with Gasteiger partial charge in [-0.15, -0.1) is 13.2 Å². The standard InChI is InChI=1S/C24H38O6/c1-9-11-15(3)12-13-19(18(6)25)30-21(27)14-20(26)24(7,8)23(29)17(5)22(28)16(4)10-2/h9-10,12,16-17,19-20,22,26,28H,1-2,11,13-14H2,3-8H3/b15-12-/t16-,17+,19-,20-,22-/m0/s1. The van der Waals surface area contributed by atoms with Gasteiger partial charge < -0.3 is 14.9 Å². The Morgan fingerprint density at radius 1 is 1.10 bits per heavy atom. The molecule has 30 heavy (non-hydrogen) atoms. The first kappa shape index (κ1) is 27.9. The molecule has 0 spiro atoms. The minimum atomic E-state index is -1.32. The summed E-state index contributed by atoms with van der Waals surface area (Å²) >= 11 is 0. The van der Waals surface area contributed by atoms with E-state index in [0.29, 0.717) is 6.42 Å². The van der Waals surface area contributed by atoms with Gasteiger partial charge in [0.2, 0.25) is 0 Å². The van der Waals surface area contributed by atoms with Crippen LogP contribution in [0.25, 0.3) is 0 Å². The van der Waals surface area contributed by atoms with Crippen molar-refractivity contribution in [2.75, 3.05) is 0 Å². The van der Waals surface area contributed by atoms with Crippen molar-refractivity contribution in [2.24, 2.45) is 17.3 Å². The maximum Gasteiger partial charge on any atom is 0.309 e. The Bertz CT molecular complexity index is 661. The number of carbonyl (C=O) groups excluding carboxylic acids is 3. The van der Waals surface area contributed by atoms with Crippen molar-refractivity contribution in [3.05, 3.63) is 37.0 Å². The largest absolute Gasteiger partial charge is 0.454 e. The highest BCUT2D eigenvalue weighted by molar-refractivity contribution is 5.88. The van der Waals surface area contributed by atoms with Crippen LogP contribution in [-0.2, 0) is 19.1 Å². The molecule has 0 rings (SSSR count). The average Bonchev–Trinajstić information content (AvgIpc) is 2.68. The first-order chi connectivity index (χ1) is 13.8. The molecule has 0 radical (unpaired) electrons. The third-order valence-corrected chi connectivity index (χ3v) is 5.54. The predicted octanol–water partition coefficient (Wildman–Crippen LogP) is 3.57. The molecule has 0 aromatic heterocycles. The molecule has 170 valence electrons. The molecule has 0 aliphatic rings. The molecule has 2 N–H and O–H groups in total. The SMILES string of the molecule is C=CC/C(C)=C\C[C@H](OC(=O)C[C@H](O)C(C)(C)C(=O)[C@H](C)[C@@H](O)[C@@H](C)C=C)C(C)=O. The van der Waals surface area contributed by atoms with Crippen molar-refractivity contribution in [2.45, 2.75) is 79.1 Å². The minimum absolute atomic E-state index is 0.238. The van der Waals surface area contributed by atoms with Gasteiger partial charge in [0.15, 0.2) is 11.9 Å². The summed E-state index contributed by atoms with van der Waals surface area (Å²) in [7, 11) is 0. The summed E-state index contributed by atoms with van der Waals surface area (Å²) in [4.78, 5) is 37.0. The normalized spacial score (nSPS) is 17.3. The third-order valence-electron chi connectivity index (χ3n) is 5.54. The van der Waals surface area contributed by atoms with Crippen molar-refractivity contribution in [1.29, 1.82) is 0 Å². The lowest BCUT2D eigenvalue weighted by molar-refractivity contribution is -0.159. The average molecular weight is 423 g/mol. The number of hydrogen-bond acceptors (Lipinski definition) is 6. The monoisotopic (exact) mass is 422 g/mol. The summed E-state index contributed by atoms with van der Waals surface area (Å²) in [6.45, 7) is 16.9. The Hall–Kier alpha value is -2.05. The van der Waals surface area contributed by atoms with Gasteiger partial charge in [-0.25, -0.2) is 0 Å². The van der Waals surface area contributed by atoms with E-state index in [1.165, 1.54) is 20.8 Å². The number of hydrogen-bond donors (Lipinski definition) is 2. The van der Waals surface area contributed by atoms with E-state index in [4.69, 9.17) is 4.74 Å². The lowest BCUT2D eigenvalue weighted by Crippen LogP contribution is -2.45. The number of carbonyl (C=O) groups is 3. The van der Waals surface area contributed by atoms with E-state index in [-0.39, 0.29) is 23.9 Å². The number of ketones is 2. The highest BCUT2D eigenvalue weighted by Gasteiger charge is 2.42. The van der Waals surface area contributed by atoms with Gasteiger partial charge in [0.1, 0.15) is 5.78 Å². The molecule has 0 bridgehead atoms. The second-order valence-electron chi connectivity index (χ2n) is 8.55. The van der Waals surface area contributed by atoms with Gasteiger partial charge in [0, 0.05) is 18.3 Å². The maximum atomic E-state index is 12.8. The third kappa shape index (κ3) is 8.36. The molecule has 6 nitrogen and oxygen atoms in total. The van der Waals surface area contributed by atoms with E-state index in [1.54, 1.807) is 26.0 Å². The number of aliphatic hydroxyl groups excluding tert-OH is 2. The number of ether oxygens (including phenoxy) is 1. The topological polar surface area (TPSA) is 101 Å². The summed E-state index contributed by atoms with van der Waals surface area (Å²) in [6.07, 6.45) is 2.37. The minimum Gasteiger partial charge on any atom is -0.454 e. The van der Waals surface area contributed by atoms with Crippen LogP contribution in [0.4, 0.5) is 0 Å². The van der Waals surface area contributed by atoms with Crippen molar-refractivity contribution in [1.82, 2.24) is 0 Å². The molecule has 0 saturated heterocycles. The highest BCUT2D eigenvalue weighted by Crippen LogP contribution is 2.31. The lowest BCUT2D eigenvalue weighted by atomic mass is 9.73. The van der Waals surface area contributed by atoms with Gasteiger partial charge in [-0.3, -0.25) is 14.4 Å². The molecule has 0 fully saturated rings. The highest BCUT2D eigenvalue weighted by atomic mass is 16.5. The first-order valence-corrected chi connectivity index (χ1v) is 10.3. The molecule has 6 heteroatoms. The molecule has 0 aromatic rings. The summed E-state index contributed by atoms with van der Waals surface area (Å²) in [5.41, 5.74) is -0.285.